The Kier molecular flexibility index (Phi) is 4.94. The van der Waals surface area contributed by atoms with E-state index in [4.69, 9.17) is 10.5 Å². The van der Waals surface area contributed by atoms with Gasteiger partial charge in [-0.15, -0.1) is 0 Å². The fourth-order valence-corrected chi connectivity index (χ4v) is 1.49. The van der Waals surface area contributed by atoms with Gasteiger partial charge in [0.2, 0.25) is 0 Å². The average Bonchev–Trinajstić information content (AvgIpc) is 2.27. The predicted molar refractivity (Wildman–Crippen MR) is 67.7 cm³/mol. The van der Waals surface area contributed by atoms with Crippen LogP contribution in [0.25, 0.3) is 0 Å². The molecule has 1 aromatic rings. The molecule has 94 valence electrons. The fraction of sp³-hybridized carbons (Fsp3) is 0.538. The summed E-state index contributed by atoms with van der Waals surface area (Å²) >= 11 is 0. The van der Waals surface area contributed by atoms with E-state index in [-0.39, 0.29) is 5.97 Å². The molecule has 1 heterocycles. The van der Waals surface area contributed by atoms with E-state index in [9.17, 15) is 4.79 Å². The lowest BCUT2D eigenvalue weighted by Gasteiger charge is -2.08. The molecule has 0 aromatic carbocycles. The Morgan fingerprint density at radius 2 is 2.24 bits per heavy atom. The van der Waals surface area contributed by atoms with Gasteiger partial charge in [0, 0.05) is 0 Å². The third-order valence-corrected chi connectivity index (χ3v) is 2.49. The van der Waals surface area contributed by atoms with Crippen molar-refractivity contribution in [2.45, 2.75) is 33.6 Å². The Balaban J connectivity index is 2.49. The summed E-state index contributed by atoms with van der Waals surface area (Å²) in [6, 6.07) is 1.60. The van der Waals surface area contributed by atoms with Crippen LogP contribution in [0.5, 0.6) is 0 Å². The first-order valence-corrected chi connectivity index (χ1v) is 5.90. The summed E-state index contributed by atoms with van der Waals surface area (Å²) in [7, 11) is 0. The molecule has 0 aliphatic rings. The zero-order chi connectivity index (χ0) is 12.8. The van der Waals surface area contributed by atoms with Crippen molar-refractivity contribution < 1.29 is 9.53 Å². The zero-order valence-electron chi connectivity index (χ0n) is 10.7. The molecular formula is C13H20N2O2. The van der Waals surface area contributed by atoms with Gasteiger partial charge in [-0.25, -0.2) is 4.79 Å². The van der Waals surface area contributed by atoms with Crippen molar-refractivity contribution in [3.8, 4) is 0 Å². The Hall–Kier alpha value is -1.58. The molecule has 0 fully saturated rings. The molecule has 1 aromatic heterocycles. The highest BCUT2D eigenvalue weighted by Crippen LogP contribution is 2.11. The number of nitrogens with two attached hydrogens (primary N) is 1. The lowest BCUT2D eigenvalue weighted by molar-refractivity contribution is 0.0493. The van der Waals surface area contributed by atoms with E-state index in [2.05, 4.69) is 18.8 Å². The van der Waals surface area contributed by atoms with E-state index in [1.165, 1.54) is 6.20 Å². The number of nitrogen functional groups attached to an aromatic ring is 1. The normalized spacial score (nSPS) is 10.6. The van der Waals surface area contributed by atoms with E-state index in [1.54, 1.807) is 13.0 Å². The van der Waals surface area contributed by atoms with Crippen molar-refractivity contribution in [2.75, 3.05) is 12.3 Å². The summed E-state index contributed by atoms with van der Waals surface area (Å²) in [6.07, 6.45) is 3.48. The van der Waals surface area contributed by atoms with Gasteiger partial charge < -0.3 is 10.5 Å². The van der Waals surface area contributed by atoms with Crippen LogP contribution in [0, 0.1) is 12.8 Å². The Morgan fingerprint density at radius 3 is 2.88 bits per heavy atom. The number of nitrogens with zero attached hydrogens (tertiary/aromatic N) is 1. The number of hydrogen-bond donors (Lipinski definition) is 1. The molecule has 0 atom stereocenters. The minimum Gasteiger partial charge on any atom is -0.462 e. The fourth-order valence-electron chi connectivity index (χ4n) is 1.49. The van der Waals surface area contributed by atoms with Gasteiger partial charge in [-0.3, -0.25) is 4.98 Å². The van der Waals surface area contributed by atoms with Gasteiger partial charge in [0.15, 0.2) is 0 Å². The smallest absolute Gasteiger partial charge is 0.340 e. The van der Waals surface area contributed by atoms with E-state index >= 15 is 0 Å². The van der Waals surface area contributed by atoms with Crippen molar-refractivity contribution in [2.24, 2.45) is 5.92 Å². The SMILES string of the molecule is Cc1ncc(N)cc1C(=O)OCCCC(C)C. The molecule has 17 heavy (non-hydrogen) atoms. The summed E-state index contributed by atoms with van der Waals surface area (Å²) < 4.78 is 5.18. The maximum Gasteiger partial charge on any atom is 0.340 e. The summed E-state index contributed by atoms with van der Waals surface area (Å²) in [5.41, 5.74) is 7.17. The standard InChI is InChI=1S/C13H20N2O2/c1-9(2)5-4-6-17-13(16)12-7-11(14)8-15-10(12)3/h7-9H,4-6,14H2,1-3H3. The Morgan fingerprint density at radius 1 is 1.53 bits per heavy atom. The second-order valence-corrected chi connectivity index (χ2v) is 4.57. The lowest BCUT2D eigenvalue weighted by Crippen LogP contribution is -2.10. The topological polar surface area (TPSA) is 65.2 Å². The number of ether oxygens (including phenoxy) is 1. The van der Waals surface area contributed by atoms with E-state index in [0.29, 0.717) is 29.5 Å². The number of esters is 1. The van der Waals surface area contributed by atoms with Gasteiger partial charge in [0.05, 0.1) is 29.7 Å². The van der Waals surface area contributed by atoms with Gasteiger partial charge >= 0.3 is 5.97 Å². The number of pyridine rings is 1. The van der Waals surface area contributed by atoms with Crippen molar-refractivity contribution in [3.05, 3.63) is 23.5 Å². The van der Waals surface area contributed by atoms with Crippen LogP contribution in [-0.4, -0.2) is 17.6 Å². The number of carbonyl (C=O) groups is 1. The largest absolute Gasteiger partial charge is 0.462 e. The number of hydrogen-bond acceptors (Lipinski definition) is 4. The van der Waals surface area contributed by atoms with E-state index < -0.39 is 0 Å². The molecule has 0 bridgehead atoms. The molecule has 4 heteroatoms. The molecule has 1 rings (SSSR count). The molecule has 0 unspecified atom stereocenters. The third kappa shape index (κ3) is 4.43. The first-order valence-electron chi connectivity index (χ1n) is 5.90. The second-order valence-electron chi connectivity index (χ2n) is 4.57. The predicted octanol–water partition coefficient (Wildman–Crippen LogP) is 2.57. The minimum atomic E-state index is -0.342. The van der Waals surface area contributed by atoms with Crippen LogP contribution in [0.15, 0.2) is 12.3 Å². The molecule has 0 saturated heterocycles. The van der Waals surface area contributed by atoms with E-state index in [1.807, 2.05) is 0 Å². The van der Waals surface area contributed by atoms with Gasteiger partial charge in [-0.2, -0.15) is 0 Å². The highest BCUT2D eigenvalue weighted by Gasteiger charge is 2.11. The molecule has 0 aliphatic carbocycles. The van der Waals surface area contributed by atoms with Crippen LogP contribution < -0.4 is 5.73 Å². The molecule has 4 nitrogen and oxygen atoms in total. The van der Waals surface area contributed by atoms with Crippen molar-refractivity contribution in [1.29, 1.82) is 0 Å². The average molecular weight is 236 g/mol. The van der Waals surface area contributed by atoms with Crippen LogP contribution in [0.2, 0.25) is 0 Å². The Bertz CT molecular complexity index is 389. The van der Waals surface area contributed by atoms with E-state index in [0.717, 1.165) is 12.8 Å². The summed E-state index contributed by atoms with van der Waals surface area (Å²) in [6.45, 7) is 6.51. The summed E-state index contributed by atoms with van der Waals surface area (Å²) in [5.74, 6) is 0.288. The molecule has 2 N–H and O–H groups in total. The van der Waals surface area contributed by atoms with Crippen LogP contribution >= 0.6 is 0 Å². The molecule has 0 amide bonds. The number of carbonyl (C=O) groups excluding carboxylic acids is 1. The van der Waals surface area contributed by atoms with Crippen LogP contribution in [0.3, 0.4) is 0 Å². The lowest BCUT2D eigenvalue weighted by atomic mass is 10.1. The second kappa shape index (κ2) is 6.23. The van der Waals surface area contributed by atoms with Crippen molar-refractivity contribution in [3.63, 3.8) is 0 Å². The summed E-state index contributed by atoms with van der Waals surface area (Å²) in [5, 5.41) is 0. The van der Waals surface area contributed by atoms with Gasteiger partial charge in [0.25, 0.3) is 0 Å². The highest BCUT2D eigenvalue weighted by molar-refractivity contribution is 5.91. The number of rotatable bonds is 5. The maximum absolute atomic E-state index is 11.7. The van der Waals surface area contributed by atoms with Crippen LogP contribution in [-0.2, 0) is 4.74 Å². The summed E-state index contributed by atoms with van der Waals surface area (Å²) in [4.78, 5) is 15.8. The van der Waals surface area contributed by atoms with Gasteiger partial charge in [-0.1, -0.05) is 13.8 Å². The van der Waals surface area contributed by atoms with Gasteiger partial charge in [-0.05, 0) is 31.7 Å². The molecule has 0 radical (unpaired) electrons. The first kappa shape index (κ1) is 13.5. The van der Waals surface area contributed by atoms with Crippen LogP contribution in [0.4, 0.5) is 5.69 Å². The van der Waals surface area contributed by atoms with Crippen molar-refractivity contribution >= 4 is 11.7 Å². The maximum atomic E-state index is 11.7. The number of aromatic nitrogens is 1. The van der Waals surface area contributed by atoms with Gasteiger partial charge in [0.1, 0.15) is 0 Å². The zero-order valence-corrected chi connectivity index (χ0v) is 10.7. The molecule has 0 spiro atoms. The minimum absolute atomic E-state index is 0.342. The Labute approximate surface area is 102 Å². The van der Waals surface area contributed by atoms with Crippen molar-refractivity contribution in [1.82, 2.24) is 4.98 Å². The highest BCUT2D eigenvalue weighted by atomic mass is 16.5. The monoisotopic (exact) mass is 236 g/mol. The van der Waals surface area contributed by atoms with Crippen LogP contribution in [0.1, 0.15) is 42.7 Å². The molecule has 0 aliphatic heterocycles. The number of anilines is 1. The first-order chi connectivity index (χ1) is 8.00. The number of aryl methyl sites for hydroxylation is 1. The molecular weight excluding hydrogens is 216 g/mol. The molecule has 0 saturated carbocycles. The quantitative estimate of drug-likeness (QED) is 0.630. The third-order valence-electron chi connectivity index (χ3n) is 2.49.